The molecule has 0 saturated carbocycles. The Morgan fingerprint density at radius 2 is 2.25 bits per heavy atom. The van der Waals surface area contributed by atoms with Gasteiger partial charge in [0.1, 0.15) is 23.7 Å². The van der Waals surface area contributed by atoms with Crippen LogP contribution in [0.3, 0.4) is 0 Å². The smallest absolute Gasteiger partial charge is 0.145 e. The van der Waals surface area contributed by atoms with Crippen molar-refractivity contribution in [1.82, 2.24) is 10.3 Å². The van der Waals surface area contributed by atoms with Crippen molar-refractivity contribution in [2.45, 2.75) is 13.5 Å². The third-order valence-corrected chi connectivity index (χ3v) is 2.36. The van der Waals surface area contributed by atoms with Crippen molar-refractivity contribution in [3.05, 3.63) is 34.6 Å². The first-order valence-corrected chi connectivity index (χ1v) is 5.00. The van der Waals surface area contributed by atoms with Gasteiger partial charge in [-0.05, 0) is 25.1 Å². The van der Waals surface area contributed by atoms with Crippen LogP contribution in [0.1, 0.15) is 11.4 Å². The summed E-state index contributed by atoms with van der Waals surface area (Å²) in [6, 6.07) is 5.06. The molecule has 0 atom stereocenters. The molecular weight excluding hydrogens is 230 g/mol. The van der Waals surface area contributed by atoms with E-state index in [9.17, 15) is 0 Å². The van der Waals surface area contributed by atoms with Crippen LogP contribution in [0.15, 0.2) is 22.8 Å². The Hall–Kier alpha value is -1.75. The van der Waals surface area contributed by atoms with Crippen LogP contribution in [-0.2, 0) is 6.61 Å². The van der Waals surface area contributed by atoms with Crippen molar-refractivity contribution in [3.8, 4) is 5.75 Å². The van der Waals surface area contributed by atoms with Gasteiger partial charge in [0.05, 0.1) is 5.02 Å². The van der Waals surface area contributed by atoms with Gasteiger partial charge in [-0.2, -0.15) is 0 Å². The van der Waals surface area contributed by atoms with Crippen LogP contribution in [-0.4, -0.2) is 10.3 Å². The Morgan fingerprint density at radius 1 is 1.44 bits per heavy atom. The molecule has 0 spiro atoms. The zero-order valence-electron chi connectivity index (χ0n) is 8.61. The summed E-state index contributed by atoms with van der Waals surface area (Å²) >= 11 is 5.95. The second-order valence-electron chi connectivity index (χ2n) is 3.27. The summed E-state index contributed by atoms with van der Waals surface area (Å²) in [4.78, 5) is 0. The van der Waals surface area contributed by atoms with Crippen molar-refractivity contribution in [2.24, 2.45) is 0 Å². The lowest BCUT2D eigenvalue weighted by atomic mass is 10.3. The number of nitrogens with zero attached hydrogens (tertiary/aromatic N) is 2. The number of benzene rings is 1. The topological polar surface area (TPSA) is 74.2 Å². The number of hydrogen-bond donors (Lipinski definition) is 1. The number of aryl methyl sites for hydroxylation is 1. The molecule has 0 aliphatic heterocycles. The highest BCUT2D eigenvalue weighted by atomic mass is 35.5. The van der Waals surface area contributed by atoms with Gasteiger partial charge >= 0.3 is 0 Å². The molecule has 0 amide bonds. The number of anilines is 1. The highest BCUT2D eigenvalue weighted by Gasteiger charge is 2.07. The number of nitrogens with two attached hydrogens (primary N) is 1. The maximum Gasteiger partial charge on any atom is 0.145 e. The third-order valence-electron chi connectivity index (χ3n) is 2.07. The van der Waals surface area contributed by atoms with Crippen LogP contribution in [0.25, 0.3) is 0 Å². The number of aromatic nitrogens is 2. The molecule has 0 bridgehead atoms. The van der Waals surface area contributed by atoms with Gasteiger partial charge in [0, 0.05) is 5.69 Å². The summed E-state index contributed by atoms with van der Waals surface area (Å²) in [5, 5.41) is 7.81. The highest BCUT2D eigenvalue weighted by Crippen LogP contribution is 2.27. The second kappa shape index (κ2) is 4.40. The van der Waals surface area contributed by atoms with Gasteiger partial charge in [-0.25, -0.2) is 4.63 Å². The fourth-order valence-corrected chi connectivity index (χ4v) is 1.40. The van der Waals surface area contributed by atoms with E-state index in [0.717, 1.165) is 0 Å². The Morgan fingerprint density at radius 3 is 2.88 bits per heavy atom. The summed E-state index contributed by atoms with van der Waals surface area (Å²) in [5.41, 5.74) is 7.51. The van der Waals surface area contributed by atoms with Crippen LogP contribution < -0.4 is 10.5 Å². The van der Waals surface area contributed by atoms with E-state index in [-0.39, 0.29) is 6.61 Å². The Balaban J connectivity index is 2.08. The lowest BCUT2D eigenvalue weighted by Gasteiger charge is -2.06. The van der Waals surface area contributed by atoms with Crippen molar-refractivity contribution in [1.29, 1.82) is 0 Å². The van der Waals surface area contributed by atoms with Crippen molar-refractivity contribution in [2.75, 3.05) is 5.73 Å². The van der Waals surface area contributed by atoms with Gasteiger partial charge in [-0.15, -0.1) is 0 Å². The molecule has 84 valence electrons. The summed E-state index contributed by atoms with van der Waals surface area (Å²) in [6.07, 6.45) is 0. The highest BCUT2D eigenvalue weighted by molar-refractivity contribution is 6.32. The average Bonchev–Trinajstić information content (AvgIpc) is 2.63. The number of nitrogen functional groups attached to an aromatic ring is 1. The minimum Gasteiger partial charge on any atom is -0.486 e. The largest absolute Gasteiger partial charge is 0.486 e. The Labute approximate surface area is 97.1 Å². The van der Waals surface area contributed by atoms with Crippen molar-refractivity contribution >= 4 is 17.3 Å². The molecule has 2 aromatic rings. The van der Waals surface area contributed by atoms with Gasteiger partial charge in [0.25, 0.3) is 0 Å². The molecule has 0 saturated heterocycles. The lowest BCUT2D eigenvalue weighted by molar-refractivity contribution is 0.270. The zero-order valence-corrected chi connectivity index (χ0v) is 9.36. The summed E-state index contributed by atoms with van der Waals surface area (Å²) in [7, 11) is 0. The Kier molecular flexibility index (Phi) is 2.96. The van der Waals surface area contributed by atoms with Gasteiger partial charge in [0.15, 0.2) is 0 Å². The molecule has 2 rings (SSSR count). The monoisotopic (exact) mass is 239 g/mol. The van der Waals surface area contributed by atoms with E-state index in [1.54, 1.807) is 25.1 Å². The van der Waals surface area contributed by atoms with Crippen LogP contribution in [0.2, 0.25) is 5.02 Å². The zero-order chi connectivity index (χ0) is 11.5. The standard InChI is InChI=1S/C10H10ClN3O2/c1-6-9(14-16-13-6)5-15-10-3-2-7(12)4-8(10)11/h2-4H,5,12H2,1H3. The summed E-state index contributed by atoms with van der Waals surface area (Å²) in [6.45, 7) is 2.05. The van der Waals surface area contributed by atoms with E-state index in [1.807, 2.05) is 0 Å². The molecular formula is C10H10ClN3O2. The SMILES string of the molecule is Cc1nonc1COc1ccc(N)cc1Cl. The normalized spacial score (nSPS) is 10.4. The predicted octanol–water partition coefficient (Wildman–Crippen LogP) is 2.19. The quantitative estimate of drug-likeness (QED) is 0.831. The van der Waals surface area contributed by atoms with E-state index in [1.165, 1.54) is 0 Å². The Bertz CT molecular complexity index is 499. The van der Waals surface area contributed by atoms with Gasteiger partial charge < -0.3 is 10.5 Å². The van der Waals surface area contributed by atoms with E-state index in [0.29, 0.717) is 27.8 Å². The van der Waals surface area contributed by atoms with Crippen molar-refractivity contribution in [3.63, 3.8) is 0 Å². The molecule has 0 aliphatic rings. The minimum absolute atomic E-state index is 0.263. The minimum atomic E-state index is 0.263. The molecule has 1 aromatic carbocycles. The maximum absolute atomic E-state index is 5.95. The fraction of sp³-hybridized carbons (Fsp3) is 0.200. The number of rotatable bonds is 3. The molecule has 1 heterocycles. The third kappa shape index (κ3) is 2.25. The van der Waals surface area contributed by atoms with Crippen LogP contribution >= 0.6 is 11.6 Å². The number of ether oxygens (including phenoxy) is 1. The van der Waals surface area contributed by atoms with E-state index in [4.69, 9.17) is 22.1 Å². The molecule has 5 nitrogen and oxygen atoms in total. The van der Waals surface area contributed by atoms with Crippen LogP contribution in [0.4, 0.5) is 5.69 Å². The van der Waals surface area contributed by atoms with Gasteiger partial charge in [0.2, 0.25) is 0 Å². The molecule has 2 N–H and O–H groups in total. The summed E-state index contributed by atoms with van der Waals surface area (Å²) in [5.74, 6) is 0.554. The first kappa shape index (κ1) is 10.8. The molecule has 1 aromatic heterocycles. The van der Waals surface area contributed by atoms with E-state index < -0.39 is 0 Å². The summed E-state index contributed by atoms with van der Waals surface area (Å²) < 4.78 is 10.0. The number of hydrogen-bond acceptors (Lipinski definition) is 5. The van der Waals surface area contributed by atoms with Gasteiger partial charge in [-0.3, -0.25) is 0 Å². The molecule has 0 fully saturated rings. The fourth-order valence-electron chi connectivity index (χ4n) is 1.16. The molecule has 0 aliphatic carbocycles. The second-order valence-corrected chi connectivity index (χ2v) is 3.68. The average molecular weight is 240 g/mol. The molecule has 6 heteroatoms. The maximum atomic E-state index is 5.95. The van der Waals surface area contributed by atoms with Crippen molar-refractivity contribution < 1.29 is 9.37 Å². The molecule has 0 radical (unpaired) electrons. The molecule has 16 heavy (non-hydrogen) atoms. The number of halogens is 1. The first-order chi connectivity index (χ1) is 7.66. The van der Waals surface area contributed by atoms with Crippen LogP contribution in [0.5, 0.6) is 5.75 Å². The van der Waals surface area contributed by atoms with Crippen LogP contribution in [0, 0.1) is 6.92 Å². The molecule has 0 unspecified atom stereocenters. The van der Waals surface area contributed by atoms with E-state index in [2.05, 4.69) is 14.9 Å². The van der Waals surface area contributed by atoms with E-state index >= 15 is 0 Å². The first-order valence-electron chi connectivity index (χ1n) is 4.62. The van der Waals surface area contributed by atoms with Gasteiger partial charge in [-0.1, -0.05) is 21.9 Å². The predicted molar refractivity (Wildman–Crippen MR) is 59.2 cm³/mol. The lowest BCUT2D eigenvalue weighted by Crippen LogP contribution is -1.98.